The lowest BCUT2D eigenvalue weighted by Gasteiger charge is -2.12. The SMILES string of the molecule is N#C/C(=C/c1cc(Cl)c(OCc2ccccc2Cl)c(Cl)c1)C(=O)Nc1cccc(C(=O)O)c1. The second-order valence-corrected chi connectivity index (χ2v) is 7.93. The van der Waals surface area contributed by atoms with Crippen molar-refractivity contribution in [2.24, 2.45) is 0 Å². The lowest BCUT2D eigenvalue weighted by Crippen LogP contribution is -2.14. The maximum atomic E-state index is 12.5. The monoisotopic (exact) mass is 500 g/mol. The Morgan fingerprint density at radius 3 is 2.33 bits per heavy atom. The molecule has 0 aliphatic heterocycles. The van der Waals surface area contributed by atoms with Crippen LogP contribution in [-0.2, 0) is 11.4 Å². The average Bonchev–Trinajstić information content (AvgIpc) is 2.78. The molecule has 166 valence electrons. The number of carboxylic acids is 1. The first-order valence-electron chi connectivity index (χ1n) is 9.40. The number of rotatable bonds is 7. The lowest BCUT2D eigenvalue weighted by molar-refractivity contribution is -0.112. The molecule has 3 aromatic carbocycles. The Balaban J connectivity index is 1.79. The molecule has 0 bridgehead atoms. The molecule has 0 saturated carbocycles. The van der Waals surface area contributed by atoms with E-state index < -0.39 is 11.9 Å². The van der Waals surface area contributed by atoms with E-state index in [1.807, 2.05) is 18.2 Å². The second kappa shape index (κ2) is 10.9. The maximum absolute atomic E-state index is 12.5. The molecule has 0 aromatic heterocycles. The van der Waals surface area contributed by atoms with Crippen LogP contribution in [-0.4, -0.2) is 17.0 Å². The number of carbonyl (C=O) groups excluding carboxylic acids is 1. The van der Waals surface area contributed by atoms with E-state index in [1.54, 1.807) is 12.1 Å². The number of nitrogens with one attached hydrogen (secondary N) is 1. The molecule has 33 heavy (non-hydrogen) atoms. The van der Waals surface area contributed by atoms with Gasteiger partial charge in [-0.25, -0.2) is 4.79 Å². The molecule has 0 aliphatic carbocycles. The minimum atomic E-state index is -1.14. The number of benzene rings is 3. The average molecular weight is 502 g/mol. The number of ether oxygens (including phenoxy) is 1. The number of anilines is 1. The van der Waals surface area contributed by atoms with Crippen LogP contribution in [0.25, 0.3) is 6.08 Å². The minimum absolute atomic E-state index is 0.00114. The first-order valence-corrected chi connectivity index (χ1v) is 10.5. The van der Waals surface area contributed by atoms with Gasteiger partial charge in [0, 0.05) is 16.3 Å². The van der Waals surface area contributed by atoms with Crippen LogP contribution in [0.4, 0.5) is 5.69 Å². The number of hydrogen-bond donors (Lipinski definition) is 2. The predicted molar refractivity (Wildman–Crippen MR) is 128 cm³/mol. The minimum Gasteiger partial charge on any atom is -0.486 e. The summed E-state index contributed by atoms with van der Waals surface area (Å²) in [6.45, 7) is 0.148. The first kappa shape index (κ1) is 24.1. The zero-order valence-corrected chi connectivity index (χ0v) is 19.1. The molecule has 9 heteroatoms. The van der Waals surface area contributed by atoms with Gasteiger partial charge in [-0.2, -0.15) is 5.26 Å². The molecule has 0 atom stereocenters. The van der Waals surface area contributed by atoms with E-state index in [1.165, 1.54) is 42.5 Å². The van der Waals surface area contributed by atoms with Gasteiger partial charge in [0.25, 0.3) is 5.91 Å². The van der Waals surface area contributed by atoms with Crippen molar-refractivity contribution in [1.82, 2.24) is 0 Å². The maximum Gasteiger partial charge on any atom is 0.335 e. The van der Waals surface area contributed by atoms with Crippen LogP contribution in [0, 0.1) is 11.3 Å². The standard InChI is InChI=1S/C24H15Cl3N2O4/c25-19-7-2-1-4-16(19)13-33-22-20(26)9-14(10-21(22)27)8-17(12-28)23(30)29-18-6-3-5-15(11-18)24(31)32/h1-11H,13H2,(H,29,30)(H,31,32)/b17-8-. The Bertz CT molecular complexity index is 1280. The van der Waals surface area contributed by atoms with Gasteiger partial charge in [0.05, 0.1) is 15.6 Å². The number of aromatic carboxylic acids is 1. The van der Waals surface area contributed by atoms with Crippen LogP contribution in [0.2, 0.25) is 15.1 Å². The normalized spacial score (nSPS) is 10.9. The van der Waals surface area contributed by atoms with Crippen molar-refractivity contribution in [3.63, 3.8) is 0 Å². The molecule has 0 aliphatic rings. The van der Waals surface area contributed by atoms with Crippen molar-refractivity contribution in [1.29, 1.82) is 5.26 Å². The Labute approximate surface area is 204 Å². The quantitative estimate of drug-likeness (QED) is 0.285. The first-order chi connectivity index (χ1) is 15.8. The van der Waals surface area contributed by atoms with Gasteiger partial charge in [0.2, 0.25) is 0 Å². The topological polar surface area (TPSA) is 99.4 Å². The Kier molecular flexibility index (Phi) is 7.96. The van der Waals surface area contributed by atoms with E-state index in [4.69, 9.17) is 44.6 Å². The highest BCUT2D eigenvalue weighted by Gasteiger charge is 2.14. The van der Waals surface area contributed by atoms with Gasteiger partial charge in [-0.15, -0.1) is 0 Å². The molecule has 1 amide bonds. The van der Waals surface area contributed by atoms with Gasteiger partial charge in [0.1, 0.15) is 18.2 Å². The number of nitriles is 1. The van der Waals surface area contributed by atoms with Gasteiger partial charge in [-0.05, 0) is 48.0 Å². The van der Waals surface area contributed by atoms with E-state index in [0.29, 0.717) is 10.6 Å². The van der Waals surface area contributed by atoms with Gasteiger partial charge in [-0.3, -0.25) is 4.79 Å². The Morgan fingerprint density at radius 2 is 1.70 bits per heavy atom. The van der Waals surface area contributed by atoms with Crippen LogP contribution >= 0.6 is 34.8 Å². The zero-order chi connectivity index (χ0) is 24.0. The number of carbonyl (C=O) groups is 2. The molecule has 3 rings (SSSR count). The number of halogens is 3. The number of hydrogen-bond acceptors (Lipinski definition) is 4. The van der Waals surface area contributed by atoms with Gasteiger partial charge < -0.3 is 15.2 Å². The molecule has 3 aromatic rings. The molecule has 0 fully saturated rings. The van der Waals surface area contributed by atoms with Crippen molar-refractivity contribution >= 4 is 58.4 Å². The molecule has 0 heterocycles. The lowest BCUT2D eigenvalue weighted by atomic mass is 10.1. The third-order valence-electron chi connectivity index (χ3n) is 4.39. The van der Waals surface area contributed by atoms with E-state index >= 15 is 0 Å². The molecule has 0 radical (unpaired) electrons. The van der Waals surface area contributed by atoms with Crippen molar-refractivity contribution in [3.8, 4) is 11.8 Å². The van der Waals surface area contributed by atoms with Crippen molar-refractivity contribution in [3.05, 3.63) is 98.0 Å². The summed E-state index contributed by atoms with van der Waals surface area (Å²) >= 11 is 18.8. The summed E-state index contributed by atoms with van der Waals surface area (Å²) in [7, 11) is 0. The molecular weight excluding hydrogens is 487 g/mol. The van der Waals surface area contributed by atoms with E-state index in [2.05, 4.69) is 5.32 Å². The summed E-state index contributed by atoms with van der Waals surface area (Å²) in [6.07, 6.45) is 1.31. The van der Waals surface area contributed by atoms with E-state index in [-0.39, 0.29) is 39.2 Å². The largest absolute Gasteiger partial charge is 0.486 e. The van der Waals surface area contributed by atoms with Crippen LogP contribution in [0.3, 0.4) is 0 Å². The smallest absolute Gasteiger partial charge is 0.335 e. The summed E-state index contributed by atoms with van der Waals surface area (Å²) < 4.78 is 5.72. The van der Waals surface area contributed by atoms with Crippen LogP contribution in [0.15, 0.2) is 66.2 Å². The van der Waals surface area contributed by atoms with E-state index in [9.17, 15) is 14.9 Å². The Hall–Kier alpha value is -3.50. The van der Waals surface area contributed by atoms with Crippen molar-refractivity contribution in [2.75, 3.05) is 5.32 Å². The summed E-state index contributed by atoms with van der Waals surface area (Å²) in [5, 5.41) is 21.9. The highest BCUT2D eigenvalue weighted by atomic mass is 35.5. The van der Waals surface area contributed by atoms with E-state index in [0.717, 1.165) is 5.56 Å². The van der Waals surface area contributed by atoms with Gasteiger partial charge in [0.15, 0.2) is 5.75 Å². The van der Waals surface area contributed by atoms with Crippen LogP contribution < -0.4 is 10.1 Å². The third-order valence-corrected chi connectivity index (χ3v) is 5.32. The molecule has 0 saturated heterocycles. The van der Waals surface area contributed by atoms with Crippen molar-refractivity contribution in [2.45, 2.75) is 6.61 Å². The summed E-state index contributed by atoms with van der Waals surface area (Å²) in [5.74, 6) is -1.61. The fraction of sp³-hybridized carbons (Fsp3) is 0.0417. The van der Waals surface area contributed by atoms with Gasteiger partial charge >= 0.3 is 5.97 Å². The predicted octanol–water partition coefficient (Wildman–Crippen LogP) is 6.47. The zero-order valence-electron chi connectivity index (χ0n) is 16.8. The fourth-order valence-electron chi connectivity index (χ4n) is 2.81. The number of amides is 1. The summed E-state index contributed by atoms with van der Waals surface area (Å²) in [4.78, 5) is 23.6. The highest BCUT2D eigenvalue weighted by molar-refractivity contribution is 6.37. The number of nitrogens with zero attached hydrogens (tertiary/aromatic N) is 1. The summed E-state index contributed by atoms with van der Waals surface area (Å²) in [5.41, 5.74) is 1.17. The Morgan fingerprint density at radius 1 is 1.00 bits per heavy atom. The van der Waals surface area contributed by atoms with Gasteiger partial charge in [-0.1, -0.05) is 59.1 Å². The third kappa shape index (κ3) is 6.27. The summed E-state index contributed by atoms with van der Waals surface area (Å²) in [6, 6.07) is 17.7. The molecule has 0 spiro atoms. The fourth-order valence-corrected chi connectivity index (χ4v) is 3.61. The highest BCUT2D eigenvalue weighted by Crippen LogP contribution is 2.36. The van der Waals surface area contributed by atoms with Crippen LogP contribution in [0.5, 0.6) is 5.75 Å². The molecular formula is C24H15Cl3N2O4. The number of carboxylic acid groups (broad SMARTS) is 1. The molecule has 0 unspecified atom stereocenters. The van der Waals surface area contributed by atoms with Crippen molar-refractivity contribution < 1.29 is 19.4 Å². The molecule has 6 nitrogen and oxygen atoms in total. The molecule has 2 N–H and O–H groups in total. The second-order valence-electron chi connectivity index (χ2n) is 6.70. The van der Waals surface area contributed by atoms with Crippen LogP contribution in [0.1, 0.15) is 21.5 Å².